The molecule has 0 amide bonds. The van der Waals surface area contributed by atoms with Gasteiger partial charge >= 0.3 is 17.9 Å². The number of nitrogens with one attached hydrogen (secondary N) is 1. The molecular formula is C27H33IN2O6. The van der Waals surface area contributed by atoms with E-state index in [2.05, 4.69) is 37.0 Å². The molecule has 0 aliphatic heterocycles. The predicted molar refractivity (Wildman–Crippen MR) is 147 cm³/mol. The van der Waals surface area contributed by atoms with Gasteiger partial charge in [0.25, 0.3) is 0 Å². The van der Waals surface area contributed by atoms with Crippen LogP contribution in [0.2, 0.25) is 0 Å². The maximum Gasteiger partial charge on any atom is 0.345 e. The summed E-state index contributed by atoms with van der Waals surface area (Å²) in [4.78, 5) is 42.6. The van der Waals surface area contributed by atoms with Gasteiger partial charge in [0.15, 0.2) is 0 Å². The maximum absolute atomic E-state index is 13.4. The number of carbonyl (C=O) groups is 3. The third-order valence-electron chi connectivity index (χ3n) is 5.17. The van der Waals surface area contributed by atoms with E-state index in [1.165, 1.54) is 26.4 Å². The smallest absolute Gasteiger partial charge is 0.345 e. The lowest BCUT2D eigenvalue weighted by Gasteiger charge is -2.32. The minimum atomic E-state index is -0.816. The van der Waals surface area contributed by atoms with E-state index in [4.69, 9.17) is 4.74 Å². The van der Waals surface area contributed by atoms with Crippen LogP contribution in [-0.4, -0.2) is 60.2 Å². The number of methoxy groups -OCH3 is 2. The Bertz CT molecular complexity index is 1150. The molecule has 1 aromatic carbocycles. The Hall–Kier alpha value is -3.08. The molecule has 1 atom stereocenters. The van der Waals surface area contributed by atoms with E-state index in [1.807, 2.05) is 69.1 Å². The molecule has 1 heterocycles. The van der Waals surface area contributed by atoms with Crippen LogP contribution in [0.25, 0.3) is 10.9 Å². The van der Waals surface area contributed by atoms with Crippen LogP contribution in [0.15, 0.2) is 64.0 Å². The summed E-state index contributed by atoms with van der Waals surface area (Å²) in [6, 6.07) is 7.20. The molecule has 0 bridgehead atoms. The lowest BCUT2D eigenvalue weighted by atomic mass is 10.0. The molecule has 0 fully saturated rings. The average molecular weight is 608 g/mol. The third-order valence-corrected chi connectivity index (χ3v) is 6.13. The van der Waals surface area contributed by atoms with Crippen molar-refractivity contribution in [1.82, 2.24) is 9.88 Å². The molecule has 0 spiro atoms. The number of benzene rings is 1. The van der Waals surface area contributed by atoms with Crippen molar-refractivity contribution >= 4 is 51.4 Å². The first-order valence-corrected chi connectivity index (χ1v) is 12.5. The molecular weight excluding hydrogens is 575 g/mol. The second kappa shape index (κ2) is 13.3. The van der Waals surface area contributed by atoms with E-state index in [9.17, 15) is 14.4 Å². The topological polar surface area (TPSA) is 97.9 Å². The highest BCUT2D eigenvalue weighted by Crippen LogP contribution is 2.24. The van der Waals surface area contributed by atoms with Gasteiger partial charge in [0.05, 0.1) is 14.2 Å². The molecule has 1 N–H and O–H groups in total. The van der Waals surface area contributed by atoms with E-state index in [-0.39, 0.29) is 11.5 Å². The Morgan fingerprint density at radius 2 is 1.75 bits per heavy atom. The third kappa shape index (κ3) is 8.25. The Morgan fingerprint density at radius 3 is 2.33 bits per heavy atom. The standard InChI is InChI=1S/C27H33IN2O6/c1-7-19(28)17-30(14-10-12-21(24(31)34-5)25(32)35-6)23(26(33)36-27(2,3)4)15-18-16-29-22-13-9-8-11-20(18)22/h7-14,16,23,29H,15,17H2,1-6H3/b14-10+,19-7-. The molecule has 8 nitrogen and oxygen atoms in total. The Kier molecular flexibility index (Phi) is 10.8. The van der Waals surface area contributed by atoms with Gasteiger partial charge in [-0.3, -0.25) is 0 Å². The lowest BCUT2D eigenvalue weighted by Crippen LogP contribution is -2.43. The van der Waals surface area contributed by atoms with E-state index < -0.39 is 23.6 Å². The summed E-state index contributed by atoms with van der Waals surface area (Å²) >= 11 is 2.21. The molecule has 0 saturated carbocycles. The van der Waals surface area contributed by atoms with Crippen molar-refractivity contribution in [3.63, 3.8) is 0 Å². The van der Waals surface area contributed by atoms with Gasteiger partial charge in [-0.15, -0.1) is 0 Å². The van der Waals surface area contributed by atoms with Crippen molar-refractivity contribution in [3.05, 3.63) is 69.6 Å². The van der Waals surface area contributed by atoms with E-state index in [1.54, 1.807) is 6.20 Å². The SMILES string of the molecule is C/C=C(\I)CN(/C=C/C=C(C(=O)OC)C(=O)OC)C(Cc1c[nH]c2ccccc12)C(=O)OC(C)(C)C. The van der Waals surface area contributed by atoms with Crippen LogP contribution in [-0.2, 0) is 35.0 Å². The van der Waals surface area contributed by atoms with Crippen LogP contribution in [0.1, 0.15) is 33.3 Å². The summed E-state index contributed by atoms with van der Waals surface area (Å²) < 4.78 is 16.1. The number of hydrogen-bond donors (Lipinski definition) is 1. The maximum atomic E-state index is 13.4. The summed E-state index contributed by atoms with van der Waals surface area (Å²) in [5.41, 5.74) is 1.00. The molecule has 2 rings (SSSR count). The second-order valence-electron chi connectivity index (χ2n) is 8.93. The number of allylic oxidation sites excluding steroid dienone is 3. The fraction of sp³-hybridized carbons (Fsp3) is 0.370. The van der Waals surface area contributed by atoms with Crippen molar-refractivity contribution in [1.29, 1.82) is 0 Å². The van der Waals surface area contributed by atoms with Gasteiger partial charge < -0.3 is 24.1 Å². The Labute approximate surface area is 225 Å². The molecule has 9 heteroatoms. The first kappa shape index (κ1) is 29.2. The van der Waals surface area contributed by atoms with Crippen LogP contribution in [0.5, 0.6) is 0 Å². The minimum Gasteiger partial charge on any atom is -0.465 e. The summed E-state index contributed by atoms with van der Waals surface area (Å²) in [5, 5.41) is 1.02. The molecule has 1 aromatic heterocycles. The van der Waals surface area contributed by atoms with Gasteiger partial charge in [0, 0.05) is 39.8 Å². The predicted octanol–water partition coefficient (Wildman–Crippen LogP) is 4.85. The van der Waals surface area contributed by atoms with Crippen LogP contribution < -0.4 is 0 Å². The Morgan fingerprint density at radius 1 is 1.11 bits per heavy atom. The number of fused-ring (bicyclic) bond motifs is 1. The van der Waals surface area contributed by atoms with Crippen LogP contribution in [0.4, 0.5) is 0 Å². The molecule has 1 unspecified atom stereocenters. The quantitative estimate of drug-likeness (QED) is 0.0784. The summed E-state index contributed by atoms with van der Waals surface area (Å²) in [7, 11) is 2.37. The summed E-state index contributed by atoms with van der Waals surface area (Å²) in [5.74, 6) is -2.02. The first-order chi connectivity index (χ1) is 17.0. The van der Waals surface area contributed by atoms with Gasteiger partial charge in [-0.25, -0.2) is 14.4 Å². The highest BCUT2D eigenvalue weighted by Gasteiger charge is 2.30. The summed E-state index contributed by atoms with van der Waals surface area (Å²) in [6.45, 7) is 7.81. The van der Waals surface area contributed by atoms with Crippen molar-refractivity contribution < 1.29 is 28.6 Å². The normalized spacial score (nSPS) is 12.8. The van der Waals surface area contributed by atoms with E-state index in [0.717, 1.165) is 20.0 Å². The van der Waals surface area contributed by atoms with Crippen molar-refractivity contribution in [2.75, 3.05) is 20.8 Å². The van der Waals surface area contributed by atoms with Crippen LogP contribution in [0, 0.1) is 0 Å². The number of para-hydroxylation sites is 1. The zero-order valence-electron chi connectivity index (χ0n) is 21.5. The molecule has 2 aromatic rings. The lowest BCUT2D eigenvalue weighted by molar-refractivity contribution is -0.160. The second-order valence-corrected chi connectivity index (χ2v) is 10.3. The average Bonchev–Trinajstić information content (AvgIpc) is 3.25. The van der Waals surface area contributed by atoms with Gasteiger partial charge in [-0.1, -0.05) is 24.3 Å². The fourth-order valence-electron chi connectivity index (χ4n) is 3.44. The number of halogens is 1. The van der Waals surface area contributed by atoms with Crippen molar-refractivity contribution in [2.24, 2.45) is 0 Å². The zero-order valence-corrected chi connectivity index (χ0v) is 23.6. The number of aromatic amines is 1. The molecule has 36 heavy (non-hydrogen) atoms. The molecule has 194 valence electrons. The zero-order chi connectivity index (χ0) is 26.9. The molecule has 0 aliphatic rings. The minimum absolute atomic E-state index is 0.262. The highest BCUT2D eigenvalue weighted by atomic mass is 127. The van der Waals surface area contributed by atoms with Crippen LogP contribution in [0.3, 0.4) is 0 Å². The number of esters is 3. The van der Waals surface area contributed by atoms with Gasteiger partial charge in [0.2, 0.25) is 0 Å². The van der Waals surface area contributed by atoms with Gasteiger partial charge in [0.1, 0.15) is 17.2 Å². The highest BCUT2D eigenvalue weighted by molar-refractivity contribution is 14.1. The number of nitrogens with zero attached hydrogens (tertiary/aromatic N) is 1. The number of carbonyl (C=O) groups excluding carboxylic acids is 3. The number of aromatic nitrogens is 1. The van der Waals surface area contributed by atoms with Gasteiger partial charge in [-0.05, 0) is 74.1 Å². The molecule has 0 aliphatic carbocycles. The van der Waals surface area contributed by atoms with Gasteiger partial charge in [-0.2, -0.15) is 0 Å². The monoisotopic (exact) mass is 608 g/mol. The fourth-order valence-corrected chi connectivity index (χ4v) is 3.83. The number of rotatable bonds is 10. The number of ether oxygens (including phenoxy) is 3. The number of hydrogen-bond acceptors (Lipinski definition) is 7. The first-order valence-electron chi connectivity index (χ1n) is 11.4. The summed E-state index contributed by atoms with van der Waals surface area (Å²) in [6.07, 6.45) is 8.72. The molecule has 0 radical (unpaired) electrons. The van der Waals surface area contributed by atoms with Crippen molar-refractivity contribution in [2.45, 2.75) is 45.8 Å². The van der Waals surface area contributed by atoms with E-state index >= 15 is 0 Å². The van der Waals surface area contributed by atoms with Crippen LogP contribution >= 0.6 is 22.6 Å². The largest absolute Gasteiger partial charge is 0.465 e. The number of H-pyrrole nitrogens is 1. The molecule has 0 saturated heterocycles. The Balaban J connectivity index is 2.53. The van der Waals surface area contributed by atoms with E-state index in [0.29, 0.717) is 13.0 Å². The van der Waals surface area contributed by atoms with Crippen molar-refractivity contribution in [3.8, 4) is 0 Å².